The summed E-state index contributed by atoms with van der Waals surface area (Å²) in [5.74, 6) is 0. The average Bonchev–Trinajstić information content (AvgIpc) is 2.77. The molecule has 0 saturated carbocycles. The smallest absolute Gasteiger partial charge is 0.244 e. The van der Waals surface area contributed by atoms with E-state index in [0.29, 0.717) is 0 Å². The van der Waals surface area contributed by atoms with Crippen molar-refractivity contribution in [2.45, 2.75) is 0 Å². The summed E-state index contributed by atoms with van der Waals surface area (Å²) in [7, 11) is -1.44. The molecule has 4 aromatic rings. The van der Waals surface area contributed by atoms with Crippen molar-refractivity contribution in [2.24, 2.45) is 0 Å². The number of anilines is 1. The molecule has 0 aromatic heterocycles. The first-order valence-electron chi connectivity index (χ1n) is 9.29. The van der Waals surface area contributed by atoms with Crippen molar-refractivity contribution in [3.63, 3.8) is 0 Å². The highest BCUT2D eigenvalue weighted by Crippen LogP contribution is 2.20. The lowest BCUT2D eigenvalue weighted by molar-refractivity contribution is 1.49. The largest absolute Gasteiger partial charge is 0.422 e. The van der Waals surface area contributed by atoms with Gasteiger partial charge in [-0.15, -0.1) is 0 Å². The van der Waals surface area contributed by atoms with Crippen LogP contribution in [0.2, 0.25) is 0 Å². The molecule has 0 heterocycles. The number of rotatable bonds is 5. The van der Waals surface area contributed by atoms with Crippen molar-refractivity contribution in [3.05, 3.63) is 121 Å². The fourth-order valence-corrected chi connectivity index (χ4v) is 11.3. The van der Waals surface area contributed by atoms with E-state index in [-0.39, 0.29) is 0 Å². The predicted molar refractivity (Wildman–Crippen MR) is 123 cm³/mol. The minimum Gasteiger partial charge on any atom is -0.422 e. The van der Waals surface area contributed by atoms with Crippen molar-refractivity contribution >= 4 is 39.9 Å². The molecule has 0 N–H and O–H groups in total. The van der Waals surface area contributed by atoms with Crippen molar-refractivity contribution in [1.82, 2.24) is 0 Å². The van der Waals surface area contributed by atoms with Gasteiger partial charge in [-0.1, -0.05) is 109 Å². The van der Waals surface area contributed by atoms with Crippen LogP contribution in [0.5, 0.6) is 0 Å². The lowest BCUT2D eigenvalue weighted by Crippen LogP contribution is -2.77. The molecule has 0 aliphatic heterocycles. The van der Waals surface area contributed by atoms with Crippen LogP contribution < -0.4 is 19.8 Å². The molecule has 0 aliphatic rings. The summed E-state index contributed by atoms with van der Waals surface area (Å²) < 4.78 is 2.66. The van der Waals surface area contributed by atoms with Gasteiger partial charge in [-0.3, -0.25) is 0 Å². The molecule has 0 spiro atoms. The summed E-state index contributed by atoms with van der Waals surface area (Å²) in [6, 6.07) is 44.0. The second-order valence-electron chi connectivity index (χ2n) is 6.70. The molecule has 0 fully saturated rings. The Morgan fingerprint density at radius 2 is 0.741 bits per heavy atom. The fourth-order valence-electron chi connectivity index (χ4n) is 3.96. The molecular weight excluding hydrogens is 358 g/mol. The Labute approximate surface area is 165 Å². The Morgan fingerprint density at radius 3 is 1.07 bits per heavy atom. The SMILES string of the molecule is [SiH3]N(c1ccccc1)[Si](c1ccccc1)(c1ccccc1)c1ccccc1. The molecule has 27 heavy (non-hydrogen) atoms. The standard InChI is InChI=1S/C24H23NSi2/c26-25(21-13-5-1-6-14-21)27(22-15-7-2-8-16-22,23-17-9-3-10-18-23)24-19-11-4-12-20-24/h1-20H,26H3. The molecule has 0 radical (unpaired) electrons. The zero-order valence-electron chi connectivity index (χ0n) is 15.5. The Kier molecular flexibility index (Phi) is 5.05. The van der Waals surface area contributed by atoms with E-state index in [9.17, 15) is 0 Å². The Bertz CT molecular complexity index is 877. The van der Waals surface area contributed by atoms with Crippen molar-refractivity contribution in [2.75, 3.05) is 4.23 Å². The Hall–Kier alpha value is -2.89. The van der Waals surface area contributed by atoms with Gasteiger partial charge < -0.3 is 4.23 Å². The minimum atomic E-state index is -2.37. The summed E-state index contributed by atoms with van der Waals surface area (Å²) in [4.78, 5) is 0. The van der Waals surface area contributed by atoms with Gasteiger partial charge in [0, 0.05) is 5.69 Å². The lowest BCUT2D eigenvalue weighted by Gasteiger charge is -2.43. The second-order valence-corrected chi connectivity index (χ2v) is 12.3. The van der Waals surface area contributed by atoms with Crippen molar-refractivity contribution < 1.29 is 0 Å². The maximum absolute atomic E-state index is 2.66. The van der Waals surface area contributed by atoms with Crippen LogP contribution in [0.3, 0.4) is 0 Å². The second kappa shape index (κ2) is 7.78. The third-order valence-corrected chi connectivity index (χ3v) is 12.5. The van der Waals surface area contributed by atoms with Crippen LogP contribution in [0.1, 0.15) is 0 Å². The van der Waals surface area contributed by atoms with Gasteiger partial charge >= 0.3 is 0 Å². The molecule has 132 valence electrons. The normalized spacial score (nSPS) is 11.3. The summed E-state index contributed by atoms with van der Waals surface area (Å²) in [5, 5.41) is 4.25. The maximum atomic E-state index is 2.66. The van der Waals surface area contributed by atoms with Crippen LogP contribution in [-0.2, 0) is 0 Å². The van der Waals surface area contributed by atoms with Crippen LogP contribution in [0.15, 0.2) is 121 Å². The zero-order chi connectivity index (χ0) is 18.5. The van der Waals surface area contributed by atoms with Gasteiger partial charge in [0.1, 0.15) is 0 Å². The first kappa shape index (κ1) is 17.5. The van der Waals surface area contributed by atoms with Gasteiger partial charge in [-0.05, 0) is 27.7 Å². The summed E-state index contributed by atoms with van der Waals surface area (Å²) in [6.07, 6.45) is 0. The number of benzene rings is 4. The van der Waals surface area contributed by atoms with E-state index in [2.05, 4.69) is 126 Å². The highest BCUT2D eigenvalue weighted by molar-refractivity contribution is 7.16. The summed E-state index contributed by atoms with van der Waals surface area (Å²) >= 11 is 0. The molecule has 0 aliphatic carbocycles. The van der Waals surface area contributed by atoms with Gasteiger partial charge in [0.15, 0.2) is 0 Å². The molecule has 0 saturated heterocycles. The highest BCUT2D eigenvalue weighted by Gasteiger charge is 2.43. The number of para-hydroxylation sites is 1. The molecule has 0 atom stereocenters. The molecule has 4 rings (SSSR count). The van der Waals surface area contributed by atoms with E-state index in [1.165, 1.54) is 21.2 Å². The number of nitrogens with zero attached hydrogens (tertiary/aromatic N) is 1. The highest BCUT2D eigenvalue weighted by atomic mass is 28.4. The topological polar surface area (TPSA) is 3.24 Å². The quantitative estimate of drug-likeness (QED) is 0.379. The maximum Gasteiger partial charge on any atom is 0.244 e. The van der Waals surface area contributed by atoms with Crippen LogP contribution in [0.4, 0.5) is 5.69 Å². The molecule has 3 heteroatoms. The Balaban J connectivity index is 2.07. The van der Waals surface area contributed by atoms with E-state index in [1.54, 1.807) is 0 Å². The van der Waals surface area contributed by atoms with Gasteiger partial charge in [-0.2, -0.15) is 0 Å². The molecule has 0 bridgehead atoms. The third kappa shape index (κ3) is 3.16. The first-order valence-corrected chi connectivity index (χ1v) is 12.1. The number of hydrogen-bond donors (Lipinski definition) is 0. The molecular formula is C24H23NSi2. The van der Waals surface area contributed by atoms with Crippen LogP contribution in [0.25, 0.3) is 0 Å². The summed E-state index contributed by atoms with van der Waals surface area (Å²) in [6.45, 7) is 0. The van der Waals surface area contributed by atoms with E-state index in [4.69, 9.17) is 0 Å². The summed E-state index contributed by atoms with van der Waals surface area (Å²) in [5.41, 5.74) is 1.30. The van der Waals surface area contributed by atoms with Crippen molar-refractivity contribution in [1.29, 1.82) is 0 Å². The van der Waals surface area contributed by atoms with E-state index < -0.39 is 8.24 Å². The molecule has 1 nitrogen and oxygen atoms in total. The average molecular weight is 382 g/mol. The molecule has 0 amide bonds. The zero-order valence-corrected chi connectivity index (χ0v) is 18.5. The first-order chi connectivity index (χ1) is 13.3. The van der Waals surface area contributed by atoms with Crippen molar-refractivity contribution in [3.8, 4) is 0 Å². The van der Waals surface area contributed by atoms with E-state index >= 15 is 0 Å². The lowest BCUT2D eigenvalue weighted by atomic mass is 10.3. The van der Waals surface area contributed by atoms with Gasteiger partial charge in [0.25, 0.3) is 0 Å². The molecule has 4 aromatic carbocycles. The van der Waals surface area contributed by atoms with Gasteiger partial charge in [-0.25, -0.2) is 0 Å². The minimum absolute atomic E-state index is 0.933. The molecule has 0 unspecified atom stereocenters. The Morgan fingerprint density at radius 1 is 0.444 bits per heavy atom. The van der Waals surface area contributed by atoms with E-state index in [1.807, 2.05) is 0 Å². The van der Waals surface area contributed by atoms with Gasteiger partial charge in [0.05, 0.1) is 10.4 Å². The van der Waals surface area contributed by atoms with Crippen LogP contribution >= 0.6 is 0 Å². The fraction of sp³-hybridized carbons (Fsp3) is 0. The van der Waals surface area contributed by atoms with E-state index in [0.717, 1.165) is 10.4 Å². The van der Waals surface area contributed by atoms with Crippen LogP contribution in [0, 0.1) is 0 Å². The van der Waals surface area contributed by atoms with Crippen LogP contribution in [-0.4, -0.2) is 18.6 Å². The monoisotopic (exact) mass is 381 g/mol. The third-order valence-electron chi connectivity index (χ3n) is 5.22. The number of hydrogen-bond acceptors (Lipinski definition) is 1. The van der Waals surface area contributed by atoms with Gasteiger partial charge in [0.2, 0.25) is 8.24 Å². The predicted octanol–water partition coefficient (Wildman–Crippen LogP) is 2.44.